The largest absolute Gasteiger partial charge is 0.260 e. The second-order valence-electron chi connectivity index (χ2n) is 7.73. The Kier molecular flexibility index (Phi) is 4.09. The van der Waals surface area contributed by atoms with Crippen molar-refractivity contribution in [2.24, 2.45) is 5.92 Å². The fraction of sp³-hybridized carbons (Fsp3) is 0.333. The number of nitrogens with zero attached hydrogens (tertiary/aromatic N) is 6. The van der Waals surface area contributed by atoms with Crippen LogP contribution in [0.3, 0.4) is 0 Å². The molecule has 6 rings (SSSR count). The number of thioether (sulfide) groups is 1. The maximum atomic E-state index is 4.58. The van der Waals surface area contributed by atoms with Crippen molar-refractivity contribution in [3.8, 4) is 0 Å². The predicted octanol–water partition coefficient (Wildman–Crippen LogP) is 4.45. The van der Waals surface area contributed by atoms with Gasteiger partial charge in [0.2, 0.25) is 0 Å². The number of rotatable bonds is 4. The van der Waals surface area contributed by atoms with Crippen LogP contribution in [-0.4, -0.2) is 34.9 Å². The monoisotopic (exact) mass is 420 g/mol. The average molecular weight is 421 g/mol. The lowest BCUT2D eigenvalue weighted by Crippen LogP contribution is -2.09. The molecule has 1 aromatic carbocycles. The summed E-state index contributed by atoms with van der Waals surface area (Å²) >= 11 is 3.65. The Bertz CT molecular complexity index is 1330. The summed E-state index contributed by atoms with van der Waals surface area (Å²) in [5.74, 6) is 2.42. The number of fused-ring (bicyclic) bond motifs is 8. The van der Waals surface area contributed by atoms with Crippen LogP contribution in [-0.2, 0) is 19.3 Å². The quantitative estimate of drug-likeness (QED) is 0.402. The highest BCUT2D eigenvalue weighted by Gasteiger charge is 2.26. The molecule has 0 bridgehead atoms. The van der Waals surface area contributed by atoms with Crippen LogP contribution in [0, 0.1) is 5.92 Å². The SMILES string of the molecule is CC1CCc2sc3c(c2C1)c1ncnn1c1nnc(SCCc2ccccc2)n31. The second kappa shape index (κ2) is 6.81. The van der Waals surface area contributed by atoms with Gasteiger partial charge in [-0.05, 0) is 42.7 Å². The number of thiophene rings is 1. The summed E-state index contributed by atoms with van der Waals surface area (Å²) in [5, 5.41) is 15.6. The lowest BCUT2D eigenvalue weighted by atomic mass is 9.89. The standard InChI is InChI=1S/C21H20N6S2/c1-13-7-8-16-15(11-13)17-18-22-12-23-27(18)20-24-25-21(26(20)19(17)29-16)28-10-9-14-5-3-2-4-6-14/h2-6,12-13H,7-11H2,1H3. The molecule has 5 aromatic rings. The highest BCUT2D eigenvalue weighted by atomic mass is 32.2. The van der Waals surface area contributed by atoms with E-state index in [1.54, 1.807) is 18.1 Å². The third kappa shape index (κ3) is 2.77. The molecule has 0 spiro atoms. The van der Waals surface area contributed by atoms with Gasteiger partial charge < -0.3 is 0 Å². The molecule has 1 unspecified atom stereocenters. The van der Waals surface area contributed by atoms with E-state index in [-0.39, 0.29) is 0 Å². The Hall–Kier alpha value is -2.45. The lowest BCUT2D eigenvalue weighted by molar-refractivity contribution is 0.508. The van der Waals surface area contributed by atoms with E-state index in [0.29, 0.717) is 5.92 Å². The fourth-order valence-electron chi connectivity index (χ4n) is 4.27. The van der Waals surface area contributed by atoms with E-state index in [2.05, 4.69) is 61.9 Å². The van der Waals surface area contributed by atoms with E-state index < -0.39 is 0 Å². The van der Waals surface area contributed by atoms with Crippen molar-refractivity contribution >= 4 is 44.7 Å². The Morgan fingerprint density at radius 3 is 3.00 bits per heavy atom. The van der Waals surface area contributed by atoms with E-state index in [1.165, 1.54) is 32.6 Å². The van der Waals surface area contributed by atoms with Crippen molar-refractivity contribution in [2.45, 2.75) is 37.8 Å². The van der Waals surface area contributed by atoms with Crippen LogP contribution in [0.4, 0.5) is 0 Å². The van der Waals surface area contributed by atoms with Gasteiger partial charge in [-0.1, -0.05) is 49.0 Å². The minimum absolute atomic E-state index is 0.708. The van der Waals surface area contributed by atoms with Gasteiger partial charge in [-0.15, -0.1) is 21.5 Å². The van der Waals surface area contributed by atoms with Gasteiger partial charge in [0.1, 0.15) is 11.2 Å². The van der Waals surface area contributed by atoms with Crippen molar-refractivity contribution in [3.05, 3.63) is 52.7 Å². The number of hydrogen-bond acceptors (Lipinski definition) is 6. The Balaban J connectivity index is 1.48. The Labute approximate surface area is 176 Å². The minimum atomic E-state index is 0.708. The summed E-state index contributed by atoms with van der Waals surface area (Å²) in [6, 6.07) is 10.6. The zero-order valence-electron chi connectivity index (χ0n) is 16.1. The molecule has 0 fully saturated rings. The third-order valence-electron chi connectivity index (χ3n) is 5.73. The van der Waals surface area contributed by atoms with Gasteiger partial charge in [0.25, 0.3) is 5.78 Å². The van der Waals surface area contributed by atoms with Gasteiger partial charge in [0, 0.05) is 10.6 Å². The summed E-state index contributed by atoms with van der Waals surface area (Å²) in [6.45, 7) is 2.34. The molecule has 0 N–H and O–H groups in total. The lowest BCUT2D eigenvalue weighted by Gasteiger charge is -2.17. The van der Waals surface area contributed by atoms with Crippen molar-refractivity contribution in [3.63, 3.8) is 0 Å². The maximum Gasteiger partial charge on any atom is 0.260 e. The van der Waals surface area contributed by atoms with Crippen LogP contribution in [0.1, 0.15) is 29.3 Å². The molecule has 0 saturated carbocycles. The summed E-state index contributed by atoms with van der Waals surface area (Å²) in [7, 11) is 0. The van der Waals surface area contributed by atoms with Gasteiger partial charge in [0.05, 0.1) is 5.39 Å². The smallest absolute Gasteiger partial charge is 0.244 e. The second-order valence-corrected chi connectivity index (χ2v) is 9.88. The molecule has 6 nitrogen and oxygen atoms in total. The van der Waals surface area contributed by atoms with Crippen molar-refractivity contribution < 1.29 is 0 Å². The Morgan fingerprint density at radius 2 is 2.10 bits per heavy atom. The molecule has 146 valence electrons. The zero-order chi connectivity index (χ0) is 19.4. The molecule has 1 aliphatic carbocycles. The van der Waals surface area contributed by atoms with Crippen LogP contribution in [0.15, 0.2) is 41.8 Å². The maximum absolute atomic E-state index is 4.58. The first-order valence-electron chi connectivity index (χ1n) is 9.97. The topological polar surface area (TPSA) is 60.4 Å². The van der Waals surface area contributed by atoms with Gasteiger partial charge in [-0.2, -0.15) is 9.61 Å². The first-order valence-corrected chi connectivity index (χ1v) is 11.8. The summed E-state index contributed by atoms with van der Waals surface area (Å²) < 4.78 is 4.04. The molecule has 0 amide bonds. The summed E-state index contributed by atoms with van der Waals surface area (Å²) in [6.07, 6.45) is 6.15. The van der Waals surface area contributed by atoms with Crippen molar-refractivity contribution in [1.82, 2.24) is 29.2 Å². The third-order valence-corrected chi connectivity index (χ3v) is 7.94. The molecule has 0 saturated heterocycles. The molecule has 8 heteroatoms. The van der Waals surface area contributed by atoms with E-state index in [9.17, 15) is 0 Å². The van der Waals surface area contributed by atoms with Crippen molar-refractivity contribution in [2.75, 3.05) is 5.75 Å². The average Bonchev–Trinajstić information content (AvgIpc) is 3.44. The molecular formula is C21H20N6S2. The van der Waals surface area contributed by atoms with Crippen molar-refractivity contribution in [1.29, 1.82) is 0 Å². The molecule has 1 atom stereocenters. The molecule has 0 radical (unpaired) electrons. The molecular weight excluding hydrogens is 400 g/mol. The zero-order valence-corrected chi connectivity index (χ0v) is 17.7. The van der Waals surface area contributed by atoms with Gasteiger partial charge in [-0.25, -0.2) is 9.38 Å². The van der Waals surface area contributed by atoms with Crippen LogP contribution in [0.5, 0.6) is 0 Å². The van der Waals surface area contributed by atoms with Crippen LogP contribution in [0.2, 0.25) is 0 Å². The number of benzene rings is 1. The summed E-state index contributed by atoms with van der Waals surface area (Å²) in [4.78, 5) is 7.29. The molecule has 29 heavy (non-hydrogen) atoms. The van der Waals surface area contributed by atoms with Crippen LogP contribution >= 0.6 is 23.1 Å². The Morgan fingerprint density at radius 1 is 1.21 bits per heavy atom. The minimum Gasteiger partial charge on any atom is -0.244 e. The van der Waals surface area contributed by atoms with E-state index >= 15 is 0 Å². The number of aromatic nitrogens is 6. The van der Waals surface area contributed by atoms with E-state index in [0.717, 1.165) is 41.6 Å². The number of aryl methyl sites for hydroxylation is 2. The van der Waals surface area contributed by atoms with E-state index in [1.807, 2.05) is 15.9 Å². The molecule has 0 aliphatic heterocycles. The molecule has 4 aromatic heterocycles. The van der Waals surface area contributed by atoms with Crippen LogP contribution < -0.4 is 0 Å². The highest BCUT2D eigenvalue weighted by molar-refractivity contribution is 7.99. The molecule has 1 aliphatic rings. The number of hydrogen-bond donors (Lipinski definition) is 0. The summed E-state index contributed by atoms with van der Waals surface area (Å²) in [5.41, 5.74) is 3.71. The fourth-order valence-corrected chi connectivity index (χ4v) is 6.58. The van der Waals surface area contributed by atoms with E-state index in [4.69, 9.17) is 0 Å². The van der Waals surface area contributed by atoms with Gasteiger partial charge in [0.15, 0.2) is 10.8 Å². The normalized spacial score (nSPS) is 16.8. The van der Waals surface area contributed by atoms with Gasteiger partial charge >= 0.3 is 0 Å². The van der Waals surface area contributed by atoms with Gasteiger partial charge in [-0.3, -0.25) is 0 Å². The first-order chi connectivity index (χ1) is 14.3. The molecule has 4 heterocycles. The first kappa shape index (κ1) is 17.4. The van der Waals surface area contributed by atoms with Crippen LogP contribution in [0.25, 0.3) is 21.6 Å². The predicted molar refractivity (Wildman–Crippen MR) is 117 cm³/mol. The highest BCUT2D eigenvalue weighted by Crippen LogP contribution is 2.40.